The van der Waals surface area contributed by atoms with Gasteiger partial charge in [-0.2, -0.15) is 0 Å². The SMILES string of the molecule is C=CC(=O)OC1=CCC(OC(O)C=C)C2CCCCC12. The average molecular weight is 278 g/mol. The molecule has 1 N–H and O–H groups in total. The summed E-state index contributed by atoms with van der Waals surface area (Å²) in [5.41, 5.74) is 0. The summed E-state index contributed by atoms with van der Waals surface area (Å²) in [4.78, 5) is 11.4. The first-order chi connectivity index (χ1) is 9.65. The molecule has 0 heterocycles. The molecular formula is C16H22O4. The fourth-order valence-electron chi connectivity index (χ4n) is 3.18. The van der Waals surface area contributed by atoms with Crippen molar-refractivity contribution in [3.05, 3.63) is 37.1 Å². The highest BCUT2D eigenvalue weighted by molar-refractivity contribution is 5.82. The number of rotatable bonds is 5. The molecule has 110 valence electrons. The molecule has 0 aromatic rings. The fourth-order valence-corrected chi connectivity index (χ4v) is 3.18. The van der Waals surface area contributed by atoms with E-state index in [4.69, 9.17) is 9.47 Å². The molecule has 2 rings (SSSR count). The zero-order valence-electron chi connectivity index (χ0n) is 11.7. The average Bonchev–Trinajstić information content (AvgIpc) is 2.49. The van der Waals surface area contributed by atoms with Crippen molar-refractivity contribution in [3.8, 4) is 0 Å². The minimum Gasteiger partial charge on any atom is -0.428 e. The predicted octanol–water partition coefficient (Wildman–Crippen LogP) is 2.70. The number of carbonyl (C=O) groups is 1. The molecule has 0 radical (unpaired) electrons. The van der Waals surface area contributed by atoms with Crippen molar-refractivity contribution in [3.63, 3.8) is 0 Å². The summed E-state index contributed by atoms with van der Waals surface area (Å²) in [6, 6.07) is 0. The Morgan fingerprint density at radius 2 is 2.15 bits per heavy atom. The predicted molar refractivity (Wildman–Crippen MR) is 75.5 cm³/mol. The van der Waals surface area contributed by atoms with Crippen LogP contribution in [0.1, 0.15) is 32.1 Å². The summed E-state index contributed by atoms with van der Waals surface area (Å²) in [6.07, 6.45) is 8.44. The molecule has 0 aromatic heterocycles. The molecule has 20 heavy (non-hydrogen) atoms. The van der Waals surface area contributed by atoms with E-state index in [9.17, 15) is 9.90 Å². The van der Waals surface area contributed by atoms with Crippen LogP contribution >= 0.6 is 0 Å². The van der Waals surface area contributed by atoms with E-state index < -0.39 is 12.3 Å². The van der Waals surface area contributed by atoms with Gasteiger partial charge in [-0.05, 0) is 37.3 Å². The van der Waals surface area contributed by atoms with Crippen molar-refractivity contribution >= 4 is 5.97 Å². The van der Waals surface area contributed by atoms with Crippen LogP contribution in [0.25, 0.3) is 0 Å². The minimum absolute atomic E-state index is 0.0421. The van der Waals surface area contributed by atoms with E-state index in [0.717, 1.165) is 31.4 Å². The number of ether oxygens (including phenoxy) is 2. The number of hydrogen-bond acceptors (Lipinski definition) is 4. The highest BCUT2D eigenvalue weighted by Gasteiger charge is 2.39. The molecule has 0 bridgehead atoms. The maximum absolute atomic E-state index is 11.4. The quantitative estimate of drug-likeness (QED) is 0.363. The van der Waals surface area contributed by atoms with Crippen LogP contribution in [0.5, 0.6) is 0 Å². The number of carbonyl (C=O) groups excluding carboxylic acids is 1. The van der Waals surface area contributed by atoms with Gasteiger partial charge in [0.1, 0.15) is 5.76 Å². The van der Waals surface area contributed by atoms with Crippen LogP contribution in [0, 0.1) is 11.8 Å². The molecule has 1 saturated carbocycles. The molecule has 0 aromatic carbocycles. The van der Waals surface area contributed by atoms with E-state index in [1.807, 2.05) is 6.08 Å². The van der Waals surface area contributed by atoms with Crippen molar-refractivity contribution in [1.82, 2.24) is 0 Å². The first kappa shape index (κ1) is 15.0. The van der Waals surface area contributed by atoms with Gasteiger partial charge >= 0.3 is 5.97 Å². The van der Waals surface area contributed by atoms with Crippen molar-refractivity contribution in [2.45, 2.75) is 44.5 Å². The molecule has 1 fully saturated rings. The Labute approximate surface area is 119 Å². The van der Waals surface area contributed by atoms with Crippen molar-refractivity contribution < 1.29 is 19.4 Å². The summed E-state index contributed by atoms with van der Waals surface area (Å²) < 4.78 is 11.0. The summed E-state index contributed by atoms with van der Waals surface area (Å²) >= 11 is 0. The van der Waals surface area contributed by atoms with Gasteiger partial charge in [-0.15, -0.1) is 0 Å². The van der Waals surface area contributed by atoms with Crippen molar-refractivity contribution in [2.24, 2.45) is 11.8 Å². The highest BCUT2D eigenvalue weighted by Crippen LogP contribution is 2.43. The Bertz CT molecular complexity index is 413. The van der Waals surface area contributed by atoms with Crippen molar-refractivity contribution in [2.75, 3.05) is 0 Å². The maximum Gasteiger partial charge on any atom is 0.335 e. The molecule has 0 aliphatic heterocycles. The van der Waals surface area contributed by atoms with Gasteiger partial charge in [0.25, 0.3) is 0 Å². The van der Waals surface area contributed by atoms with E-state index in [2.05, 4.69) is 13.2 Å². The number of esters is 1. The van der Waals surface area contributed by atoms with Gasteiger partial charge in [-0.25, -0.2) is 4.79 Å². The molecule has 2 aliphatic carbocycles. The Balaban J connectivity index is 2.11. The molecule has 0 saturated heterocycles. The lowest BCUT2D eigenvalue weighted by molar-refractivity contribution is -0.145. The van der Waals surface area contributed by atoms with Crippen LogP contribution in [0.3, 0.4) is 0 Å². The van der Waals surface area contributed by atoms with E-state index in [0.29, 0.717) is 6.42 Å². The number of aliphatic hydroxyl groups is 1. The molecule has 2 aliphatic rings. The van der Waals surface area contributed by atoms with Gasteiger partial charge in [0.2, 0.25) is 0 Å². The van der Waals surface area contributed by atoms with Crippen LogP contribution in [-0.2, 0) is 14.3 Å². The lowest BCUT2D eigenvalue weighted by Crippen LogP contribution is -2.39. The number of aliphatic hydroxyl groups excluding tert-OH is 1. The first-order valence-electron chi connectivity index (χ1n) is 7.16. The standard InChI is InChI=1S/C16H22O4/c1-3-15(17)19-13-9-10-14(20-16(18)4-2)12-8-6-5-7-11(12)13/h3-4,9,11-12,14,16,18H,1-2,5-8,10H2. The lowest BCUT2D eigenvalue weighted by atomic mass is 9.71. The molecule has 0 spiro atoms. The highest BCUT2D eigenvalue weighted by atomic mass is 16.6. The maximum atomic E-state index is 11.4. The fraction of sp³-hybridized carbons (Fsp3) is 0.562. The summed E-state index contributed by atoms with van der Waals surface area (Å²) in [6.45, 7) is 6.95. The molecule has 4 atom stereocenters. The number of hydrogen-bond donors (Lipinski definition) is 1. The van der Waals surface area contributed by atoms with E-state index >= 15 is 0 Å². The zero-order valence-corrected chi connectivity index (χ0v) is 11.7. The first-order valence-corrected chi connectivity index (χ1v) is 7.16. The Kier molecular flexibility index (Phi) is 5.15. The van der Waals surface area contributed by atoms with Gasteiger partial charge < -0.3 is 14.6 Å². The third-order valence-corrected chi connectivity index (χ3v) is 4.11. The Hall–Kier alpha value is -1.39. The summed E-state index contributed by atoms with van der Waals surface area (Å²) in [5.74, 6) is 0.818. The smallest absolute Gasteiger partial charge is 0.335 e. The van der Waals surface area contributed by atoms with Gasteiger partial charge in [0.15, 0.2) is 6.29 Å². The molecule has 0 amide bonds. The van der Waals surface area contributed by atoms with E-state index in [1.165, 1.54) is 12.2 Å². The number of fused-ring (bicyclic) bond motifs is 1. The Morgan fingerprint density at radius 3 is 2.85 bits per heavy atom. The normalized spacial score (nSPS) is 30.6. The van der Waals surface area contributed by atoms with Crippen LogP contribution in [0.2, 0.25) is 0 Å². The van der Waals surface area contributed by atoms with Gasteiger partial charge in [-0.3, -0.25) is 0 Å². The second kappa shape index (κ2) is 6.86. The largest absolute Gasteiger partial charge is 0.428 e. The third kappa shape index (κ3) is 3.38. The minimum atomic E-state index is -0.937. The zero-order chi connectivity index (χ0) is 14.5. The molecule has 4 heteroatoms. The topological polar surface area (TPSA) is 55.8 Å². The van der Waals surface area contributed by atoms with Crippen LogP contribution in [0.15, 0.2) is 37.1 Å². The van der Waals surface area contributed by atoms with Crippen molar-refractivity contribution in [1.29, 1.82) is 0 Å². The lowest BCUT2D eigenvalue weighted by Gasteiger charge is -2.40. The van der Waals surface area contributed by atoms with E-state index in [1.54, 1.807) is 0 Å². The Morgan fingerprint density at radius 1 is 1.40 bits per heavy atom. The monoisotopic (exact) mass is 278 g/mol. The molecule has 4 nitrogen and oxygen atoms in total. The third-order valence-electron chi connectivity index (χ3n) is 4.11. The second-order valence-electron chi connectivity index (χ2n) is 5.32. The number of allylic oxidation sites excluding steroid dienone is 1. The second-order valence-corrected chi connectivity index (χ2v) is 5.32. The van der Waals surface area contributed by atoms with E-state index in [-0.39, 0.29) is 17.9 Å². The van der Waals surface area contributed by atoms with Crippen LogP contribution in [0.4, 0.5) is 0 Å². The molecule has 4 unspecified atom stereocenters. The van der Waals surface area contributed by atoms with Gasteiger partial charge in [-0.1, -0.05) is 26.0 Å². The van der Waals surface area contributed by atoms with Gasteiger partial charge in [0.05, 0.1) is 6.10 Å². The summed E-state index contributed by atoms with van der Waals surface area (Å²) in [7, 11) is 0. The van der Waals surface area contributed by atoms with Crippen LogP contribution < -0.4 is 0 Å². The van der Waals surface area contributed by atoms with Crippen LogP contribution in [-0.4, -0.2) is 23.5 Å². The summed E-state index contributed by atoms with van der Waals surface area (Å²) in [5, 5.41) is 9.59. The van der Waals surface area contributed by atoms with Gasteiger partial charge in [0, 0.05) is 12.0 Å². The molecular weight excluding hydrogens is 256 g/mol.